The molecule has 5 heteroatoms. The maximum atomic E-state index is 4.17. The highest BCUT2D eigenvalue weighted by Gasteiger charge is 2.14. The molecule has 106 valence electrons. The topological polar surface area (TPSA) is 56.8 Å². The summed E-state index contributed by atoms with van der Waals surface area (Å²) >= 11 is 0. The Morgan fingerprint density at radius 2 is 2.35 bits per heavy atom. The van der Waals surface area contributed by atoms with E-state index in [9.17, 15) is 0 Å². The minimum atomic E-state index is 0.177. The van der Waals surface area contributed by atoms with Crippen molar-refractivity contribution in [2.24, 2.45) is 0 Å². The van der Waals surface area contributed by atoms with Crippen molar-refractivity contribution in [1.82, 2.24) is 20.5 Å². The molecule has 0 amide bonds. The summed E-state index contributed by atoms with van der Waals surface area (Å²) in [5.41, 5.74) is 4.17. The van der Waals surface area contributed by atoms with Crippen molar-refractivity contribution in [3.8, 4) is 0 Å². The van der Waals surface area contributed by atoms with Crippen LogP contribution in [0.25, 0.3) is 0 Å². The summed E-state index contributed by atoms with van der Waals surface area (Å²) < 4.78 is 0. The zero-order valence-corrected chi connectivity index (χ0v) is 12.1. The first-order chi connectivity index (χ1) is 9.74. The summed E-state index contributed by atoms with van der Waals surface area (Å²) in [7, 11) is 2.17. The summed E-state index contributed by atoms with van der Waals surface area (Å²) in [5.74, 6) is 0.877. The first-order valence-corrected chi connectivity index (χ1v) is 7.15. The largest absolute Gasteiger partial charge is 0.374 e. The second-order valence-corrected chi connectivity index (χ2v) is 5.46. The number of aryl methyl sites for hydroxylation is 1. The molecule has 1 atom stereocenters. The Bertz CT molecular complexity index is 564. The number of anilines is 1. The summed E-state index contributed by atoms with van der Waals surface area (Å²) in [5, 5.41) is 10.3. The van der Waals surface area contributed by atoms with Crippen LogP contribution in [0.1, 0.15) is 36.3 Å². The standard InChI is InChI=1S/C15H21N5/c1-11(15-17-10-18-19-15)16-9-12-5-6-14-13(8-12)4-3-7-20(14)2/h5-6,8,10-11,16H,3-4,7,9H2,1-2H3,(H,17,18,19). The first kappa shape index (κ1) is 13.1. The van der Waals surface area contributed by atoms with E-state index >= 15 is 0 Å². The SMILES string of the molecule is CC(NCc1ccc2c(c1)CCCN2C)c1ncn[nH]1. The number of rotatable bonds is 4. The zero-order chi connectivity index (χ0) is 13.9. The minimum Gasteiger partial charge on any atom is -0.374 e. The molecule has 1 unspecified atom stereocenters. The molecule has 1 aromatic carbocycles. The maximum Gasteiger partial charge on any atom is 0.141 e. The van der Waals surface area contributed by atoms with Gasteiger partial charge in [-0.05, 0) is 37.0 Å². The molecular formula is C15H21N5. The molecular weight excluding hydrogens is 250 g/mol. The minimum absolute atomic E-state index is 0.177. The number of fused-ring (bicyclic) bond motifs is 1. The number of H-pyrrole nitrogens is 1. The Hall–Kier alpha value is -1.88. The third-order valence-electron chi connectivity index (χ3n) is 3.95. The van der Waals surface area contributed by atoms with Gasteiger partial charge in [-0.15, -0.1) is 0 Å². The van der Waals surface area contributed by atoms with E-state index in [1.165, 1.54) is 29.7 Å². The fourth-order valence-corrected chi connectivity index (χ4v) is 2.74. The normalized spacial score (nSPS) is 16.0. The quantitative estimate of drug-likeness (QED) is 0.893. The van der Waals surface area contributed by atoms with Crippen LogP contribution in [0, 0.1) is 0 Å². The van der Waals surface area contributed by atoms with Gasteiger partial charge in [-0.3, -0.25) is 5.10 Å². The van der Waals surface area contributed by atoms with Gasteiger partial charge in [0.05, 0.1) is 6.04 Å². The molecule has 3 rings (SSSR count). The van der Waals surface area contributed by atoms with Crippen LogP contribution in [0.3, 0.4) is 0 Å². The molecule has 0 aliphatic carbocycles. The molecule has 2 N–H and O–H groups in total. The van der Waals surface area contributed by atoms with Crippen molar-refractivity contribution in [3.05, 3.63) is 41.5 Å². The van der Waals surface area contributed by atoms with Gasteiger partial charge in [0.2, 0.25) is 0 Å². The summed E-state index contributed by atoms with van der Waals surface area (Å²) in [6, 6.07) is 6.95. The Morgan fingerprint density at radius 3 is 3.15 bits per heavy atom. The van der Waals surface area contributed by atoms with E-state index in [1.54, 1.807) is 6.33 Å². The molecule has 0 fully saturated rings. The second kappa shape index (κ2) is 5.63. The third-order valence-corrected chi connectivity index (χ3v) is 3.95. The van der Waals surface area contributed by atoms with E-state index in [4.69, 9.17) is 0 Å². The molecule has 2 aromatic rings. The molecule has 20 heavy (non-hydrogen) atoms. The van der Waals surface area contributed by atoms with Crippen molar-refractivity contribution in [2.45, 2.75) is 32.4 Å². The third kappa shape index (κ3) is 2.67. The molecule has 5 nitrogen and oxygen atoms in total. The summed E-state index contributed by atoms with van der Waals surface area (Å²) in [6.07, 6.45) is 3.97. The fourth-order valence-electron chi connectivity index (χ4n) is 2.74. The zero-order valence-electron chi connectivity index (χ0n) is 12.1. The highest BCUT2D eigenvalue weighted by molar-refractivity contribution is 5.56. The molecule has 0 radical (unpaired) electrons. The number of benzene rings is 1. The van der Waals surface area contributed by atoms with Gasteiger partial charge in [0, 0.05) is 25.8 Å². The van der Waals surface area contributed by atoms with Gasteiger partial charge < -0.3 is 10.2 Å². The number of hydrogen-bond donors (Lipinski definition) is 2. The smallest absolute Gasteiger partial charge is 0.141 e. The maximum absolute atomic E-state index is 4.17. The van der Waals surface area contributed by atoms with E-state index in [-0.39, 0.29) is 6.04 Å². The number of hydrogen-bond acceptors (Lipinski definition) is 4. The summed E-state index contributed by atoms with van der Waals surface area (Å²) in [4.78, 5) is 6.51. The predicted molar refractivity (Wildman–Crippen MR) is 79.7 cm³/mol. The van der Waals surface area contributed by atoms with Gasteiger partial charge >= 0.3 is 0 Å². The molecule has 0 spiro atoms. The van der Waals surface area contributed by atoms with Crippen LogP contribution in [0.5, 0.6) is 0 Å². The van der Waals surface area contributed by atoms with Crippen LogP contribution in [-0.2, 0) is 13.0 Å². The Morgan fingerprint density at radius 1 is 1.45 bits per heavy atom. The number of aromatic nitrogens is 3. The van der Waals surface area contributed by atoms with Crippen molar-refractivity contribution >= 4 is 5.69 Å². The average molecular weight is 271 g/mol. The van der Waals surface area contributed by atoms with Crippen LogP contribution in [0.2, 0.25) is 0 Å². The van der Waals surface area contributed by atoms with Crippen LogP contribution in [0.4, 0.5) is 5.69 Å². The lowest BCUT2D eigenvalue weighted by Crippen LogP contribution is -2.25. The molecule has 1 aromatic heterocycles. The molecule has 2 heterocycles. The van der Waals surface area contributed by atoms with E-state index in [0.29, 0.717) is 0 Å². The molecule has 0 saturated heterocycles. The van der Waals surface area contributed by atoms with Crippen LogP contribution in [0.15, 0.2) is 24.5 Å². The van der Waals surface area contributed by atoms with Crippen molar-refractivity contribution in [2.75, 3.05) is 18.5 Å². The highest BCUT2D eigenvalue weighted by Crippen LogP contribution is 2.26. The van der Waals surface area contributed by atoms with Gasteiger partial charge in [0.15, 0.2) is 0 Å². The Labute approximate surface area is 119 Å². The van der Waals surface area contributed by atoms with E-state index in [2.05, 4.69) is 57.6 Å². The lowest BCUT2D eigenvalue weighted by Gasteiger charge is -2.28. The lowest BCUT2D eigenvalue weighted by molar-refractivity contribution is 0.547. The second-order valence-electron chi connectivity index (χ2n) is 5.46. The fraction of sp³-hybridized carbons (Fsp3) is 0.467. The van der Waals surface area contributed by atoms with Gasteiger partial charge in [-0.1, -0.05) is 12.1 Å². The average Bonchev–Trinajstić information content (AvgIpc) is 2.99. The first-order valence-electron chi connectivity index (χ1n) is 7.15. The monoisotopic (exact) mass is 271 g/mol. The van der Waals surface area contributed by atoms with Crippen molar-refractivity contribution in [1.29, 1.82) is 0 Å². The van der Waals surface area contributed by atoms with Gasteiger partial charge in [0.1, 0.15) is 12.2 Å². The number of nitrogens with zero attached hydrogens (tertiary/aromatic N) is 3. The van der Waals surface area contributed by atoms with Gasteiger partial charge in [0.25, 0.3) is 0 Å². The predicted octanol–water partition coefficient (Wildman–Crippen LogP) is 2.04. The van der Waals surface area contributed by atoms with E-state index < -0.39 is 0 Å². The Balaban J connectivity index is 1.66. The van der Waals surface area contributed by atoms with Crippen LogP contribution < -0.4 is 10.2 Å². The molecule has 1 aliphatic heterocycles. The summed E-state index contributed by atoms with van der Waals surface area (Å²) in [6.45, 7) is 4.10. The molecule has 1 aliphatic rings. The van der Waals surface area contributed by atoms with Crippen molar-refractivity contribution in [3.63, 3.8) is 0 Å². The van der Waals surface area contributed by atoms with Crippen LogP contribution in [-0.4, -0.2) is 28.8 Å². The van der Waals surface area contributed by atoms with E-state index in [0.717, 1.165) is 18.9 Å². The van der Waals surface area contributed by atoms with Crippen molar-refractivity contribution < 1.29 is 0 Å². The number of nitrogens with one attached hydrogen (secondary N) is 2. The highest BCUT2D eigenvalue weighted by atomic mass is 15.2. The van der Waals surface area contributed by atoms with Crippen LogP contribution >= 0.6 is 0 Å². The van der Waals surface area contributed by atoms with Gasteiger partial charge in [-0.25, -0.2) is 4.98 Å². The van der Waals surface area contributed by atoms with E-state index in [1.807, 2.05) is 0 Å². The Kier molecular flexibility index (Phi) is 3.69. The number of aromatic amines is 1. The molecule has 0 saturated carbocycles. The lowest BCUT2D eigenvalue weighted by atomic mass is 9.99. The van der Waals surface area contributed by atoms with Gasteiger partial charge in [-0.2, -0.15) is 5.10 Å². The molecule has 0 bridgehead atoms.